The molecule has 0 aliphatic heterocycles. The normalized spacial score (nSPS) is 11.9. The van der Waals surface area contributed by atoms with Gasteiger partial charge in [-0.15, -0.1) is 0 Å². The molecule has 0 fully saturated rings. The number of pyridine rings is 1. The van der Waals surface area contributed by atoms with Gasteiger partial charge in [-0.05, 0) is 26.0 Å². The first-order valence-electron chi connectivity index (χ1n) is 4.58. The maximum Gasteiger partial charge on any atom is 0.195 e. The van der Waals surface area contributed by atoms with Crippen LogP contribution in [0.3, 0.4) is 0 Å². The summed E-state index contributed by atoms with van der Waals surface area (Å²) < 4.78 is 0. The fourth-order valence-electron chi connectivity index (χ4n) is 1.04. The van der Waals surface area contributed by atoms with Crippen molar-refractivity contribution in [3.05, 3.63) is 24.5 Å². The van der Waals surface area contributed by atoms with E-state index in [1.54, 1.807) is 12.4 Å². The molecule has 1 rings (SSSR count). The number of aromatic nitrogens is 1. The summed E-state index contributed by atoms with van der Waals surface area (Å²) in [7, 11) is 1.87. The van der Waals surface area contributed by atoms with Crippen molar-refractivity contribution in [3.8, 4) is 0 Å². The van der Waals surface area contributed by atoms with Crippen molar-refractivity contribution >= 4 is 11.6 Å². The monoisotopic (exact) mass is 192 g/mol. The smallest absolute Gasteiger partial charge is 0.195 e. The Morgan fingerprint density at radius 1 is 1.57 bits per heavy atom. The molecule has 4 nitrogen and oxygen atoms in total. The van der Waals surface area contributed by atoms with E-state index in [4.69, 9.17) is 5.73 Å². The Hall–Kier alpha value is -1.58. The molecule has 1 aromatic heterocycles. The number of anilines is 1. The second-order valence-corrected chi connectivity index (χ2v) is 3.35. The number of nitrogens with two attached hydrogens (primary N) is 1. The van der Waals surface area contributed by atoms with Crippen LogP contribution in [-0.4, -0.2) is 24.0 Å². The minimum Gasteiger partial charge on any atom is -0.370 e. The first-order chi connectivity index (χ1) is 6.61. The van der Waals surface area contributed by atoms with Crippen LogP contribution in [0.1, 0.15) is 13.8 Å². The van der Waals surface area contributed by atoms with Crippen LogP contribution in [0, 0.1) is 0 Å². The maximum absolute atomic E-state index is 5.80. The Morgan fingerprint density at radius 2 is 2.29 bits per heavy atom. The van der Waals surface area contributed by atoms with Gasteiger partial charge in [0.05, 0.1) is 11.9 Å². The number of aliphatic imine (C=N–C) groups is 1. The summed E-state index contributed by atoms with van der Waals surface area (Å²) in [6.07, 6.45) is 3.48. The molecule has 1 aromatic rings. The minimum absolute atomic E-state index is 0.203. The highest BCUT2D eigenvalue weighted by molar-refractivity contribution is 5.94. The third-order valence-corrected chi connectivity index (χ3v) is 1.77. The molecule has 76 valence electrons. The van der Waals surface area contributed by atoms with Crippen molar-refractivity contribution in [2.75, 3.05) is 11.9 Å². The fourth-order valence-corrected chi connectivity index (χ4v) is 1.04. The largest absolute Gasteiger partial charge is 0.370 e. The van der Waals surface area contributed by atoms with Crippen LogP contribution in [0.2, 0.25) is 0 Å². The molecule has 0 amide bonds. The number of nitrogens with zero attached hydrogens (tertiary/aromatic N) is 3. The highest BCUT2D eigenvalue weighted by Crippen LogP contribution is 2.08. The molecule has 2 N–H and O–H groups in total. The van der Waals surface area contributed by atoms with Gasteiger partial charge in [-0.2, -0.15) is 0 Å². The molecule has 0 bridgehead atoms. The van der Waals surface area contributed by atoms with Gasteiger partial charge < -0.3 is 10.6 Å². The molecular weight excluding hydrogens is 176 g/mol. The zero-order chi connectivity index (χ0) is 10.6. The van der Waals surface area contributed by atoms with Crippen molar-refractivity contribution in [2.45, 2.75) is 19.9 Å². The molecule has 4 heteroatoms. The molecule has 0 unspecified atom stereocenters. The van der Waals surface area contributed by atoms with Gasteiger partial charge in [0, 0.05) is 19.3 Å². The van der Waals surface area contributed by atoms with Gasteiger partial charge in [0.25, 0.3) is 0 Å². The number of rotatable bonds is 2. The number of guanidine groups is 1. The lowest BCUT2D eigenvalue weighted by molar-refractivity contribution is 0.828. The molecule has 0 saturated heterocycles. The average molecular weight is 192 g/mol. The van der Waals surface area contributed by atoms with Gasteiger partial charge in [0.2, 0.25) is 0 Å². The van der Waals surface area contributed by atoms with Crippen LogP contribution in [0.25, 0.3) is 0 Å². The molecule has 0 aliphatic rings. The van der Waals surface area contributed by atoms with E-state index < -0.39 is 0 Å². The lowest BCUT2D eigenvalue weighted by Gasteiger charge is -2.18. The number of hydrogen-bond acceptors (Lipinski definition) is 2. The topological polar surface area (TPSA) is 54.5 Å². The lowest BCUT2D eigenvalue weighted by atomic mass is 10.4. The zero-order valence-corrected chi connectivity index (χ0v) is 8.81. The van der Waals surface area contributed by atoms with Crippen LogP contribution in [0.5, 0.6) is 0 Å². The van der Waals surface area contributed by atoms with Crippen molar-refractivity contribution < 1.29 is 0 Å². The van der Waals surface area contributed by atoms with Crippen molar-refractivity contribution in [1.29, 1.82) is 0 Å². The highest BCUT2D eigenvalue weighted by Gasteiger charge is 2.04. The minimum atomic E-state index is 0.203. The van der Waals surface area contributed by atoms with Crippen LogP contribution >= 0.6 is 0 Å². The van der Waals surface area contributed by atoms with Gasteiger partial charge in [-0.25, -0.2) is 0 Å². The predicted octanol–water partition coefficient (Wildman–Crippen LogP) is 1.24. The summed E-state index contributed by atoms with van der Waals surface area (Å²) in [4.78, 5) is 10.1. The quantitative estimate of drug-likeness (QED) is 0.566. The Labute approximate surface area is 84.5 Å². The highest BCUT2D eigenvalue weighted by atomic mass is 15.2. The van der Waals surface area contributed by atoms with E-state index in [0.29, 0.717) is 5.96 Å². The fraction of sp³-hybridized carbons (Fsp3) is 0.400. The predicted molar refractivity (Wildman–Crippen MR) is 59.4 cm³/mol. The van der Waals surface area contributed by atoms with Crippen molar-refractivity contribution in [1.82, 2.24) is 4.98 Å². The third kappa shape index (κ3) is 2.73. The standard InChI is InChI=1S/C10H16N4/c1-8(2)13-10(11)14(3)9-5-4-6-12-7-9/h4-8H,1-3H3,(H2,11,13). The molecule has 0 saturated carbocycles. The van der Waals surface area contributed by atoms with Gasteiger partial charge in [0.1, 0.15) is 0 Å². The molecule has 14 heavy (non-hydrogen) atoms. The van der Waals surface area contributed by atoms with E-state index in [1.165, 1.54) is 0 Å². The summed E-state index contributed by atoms with van der Waals surface area (Å²) in [5, 5.41) is 0. The van der Waals surface area contributed by atoms with E-state index in [0.717, 1.165) is 5.69 Å². The molecule has 0 spiro atoms. The van der Waals surface area contributed by atoms with E-state index in [2.05, 4.69) is 9.98 Å². The van der Waals surface area contributed by atoms with Gasteiger partial charge >= 0.3 is 0 Å². The van der Waals surface area contributed by atoms with Crippen LogP contribution in [0.15, 0.2) is 29.5 Å². The summed E-state index contributed by atoms with van der Waals surface area (Å²) in [5.74, 6) is 0.507. The van der Waals surface area contributed by atoms with E-state index in [1.807, 2.05) is 37.9 Å². The molecule has 1 heterocycles. The Morgan fingerprint density at radius 3 is 2.79 bits per heavy atom. The Bertz CT molecular complexity index is 305. The van der Waals surface area contributed by atoms with E-state index >= 15 is 0 Å². The van der Waals surface area contributed by atoms with Crippen molar-refractivity contribution in [2.24, 2.45) is 10.7 Å². The summed E-state index contributed by atoms with van der Waals surface area (Å²) in [6, 6.07) is 4.01. The first kappa shape index (κ1) is 10.5. The van der Waals surface area contributed by atoms with Gasteiger partial charge in [-0.3, -0.25) is 9.98 Å². The van der Waals surface area contributed by atoms with Crippen LogP contribution in [0.4, 0.5) is 5.69 Å². The first-order valence-corrected chi connectivity index (χ1v) is 4.58. The second kappa shape index (κ2) is 4.60. The Balaban J connectivity index is 2.81. The van der Waals surface area contributed by atoms with Crippen LogP contribution in [-0.2, 0) is 0 Å². The van der Waals surface area contributed by atoms with Crippen molar-refractivity contribution in [3.63, 3.8) is 0 Å². The SMILES string of the molecule is CC(C)N=C(N)N(C)c1cccnc1. The zero-order valence-electron chi connectivity index (χ0n) is 8.81. The molecule has 0 aromatic carbocycles. The van der Waals surface area contributed by atoms with Crippen LogP contribution < -0.4 is 10.6 Å². The average Bonchev–Trinajstić information content (AvgIpc) is 2.17. The van der Waals surface area contributed by atoms with Gasteiger partial charge in [0.15, 0.2) is 5.96 Å². The summed E-state index contributed by atoms with van der Waals surface area (Å²) in [6.45, 7) is 3.98. The third-order valence-electron chi connectivity index (χ3n) is 1.77. The lowest BCUT2D eigenvalue weighted by Crippen LogP contribution is -2.34. The number of hydrogen-bond donors (Lipinski definition) is 1. The van der Waals surface area contributed by atoms with E-state index in [-0.39, 0.29) is 6.04 Å². The molecule has 0 radical (unpaired) electrons. The molecular formula is C10H16N4. The van der Waals surface area contributed by atoms with E-state index in [9.17, 15) is 0 Å². The maximum atomic E-state index is 5.80. The molecule has 0 aliphatic carbocycles. The summed E-state index contributed by atoms with van der Waals surface area (Å²) in [5.41, 5.74) is 6.74. The molecule has 0 atom stereocenters. The van der Waals surface area contributed by atoms with Gasteiger partial charge in [-0.1, -0.05) is 0 Å². The second-order valence-electron chi connectivity index (χ2n) is 3.35. The Kier molecular flexibility index (Phi) is 3.45. The summed E-state index contributed by atoms with van der Waals surface area (Å²) >= 11 is 0.